The molecule has 1 aliphatic carbocycles. The minimum atomic E-state index is -3.29. The lowest BCUT2D eigenvalue weighted by atomic mass is 10.0. The van der Waals surface area contributed by atoms with Gasteiger partial charge in [-0.1, -0.05) is 6.92 Å². The molecule has 0 radical (unpaired) electrons. The highest BCUT2D eigenvalue weighted by molar-refractivity contribution is 5.96. The first kappa shape index (κ1) is 26.1. The normalized spacial score (nSPS) is 19.6. The molecule has 2 aromatic heterocycles. The highest BCUT2D eigenvalue weighted by Gasteiger charge is 2.52. The molecule has 1 saturated heterocycles. The number of ether oxygens (including phenoxy) is 1. The number of hydrogen-bond acceptors (Lipinski definition) is 6. The number of carbonyl (C=O) groups excluding carboxylic acids is 1. The first-order valence-electron chi connectivity index (χ1n) is 13.0. The van der Waals surface area contributed by atoms with Gasteiger partial charge >= 0.3 is 6.61 Å². The first-order valence-corrected chi connectivity index (χ1v) is 13.0. The Morgan fingerprint density at radius 3 is 2.70 bits per heavy atom. The predicted octanol–water partition coefficient (Wildman–Crippen LogP) is 4.78. The van der Waals surface area contributed by atoms with E-state index in [1.165, 1.54) is 23.0 Å². The van der Waals surface area contributed by atoms with E-state index >= 15 is 0 Å². The molecular weight excluding hydrogens is 528 g/mol. The number of carbonyl (C=O) groups is 1. The lowest BCUT2D eigenvalue weighted by Gasteiger charge is -2.13. The lowest BCUT2D eigenvalue weighted by Crippen LogP contribution is -2.29. The molecular formula is C28H26F4N6O2. The van der Waals surface area contributed by atoms with Crippen molar-refractivity contribution in [2.75, 3.05) is 25.0 Å². The summed E-state index contributed by atoms with van der Waals surface area (Å²) in [6, 6.07) is 7.50. The molecule has 1 amide bonds. The quantitative estimate of drug-likeness (QED) is 0.258. The second-order valence-corrected chi connectivity index (χ2v) is 9.94. The summed E-state index contributed by atoms with van der Waals surface area (Å²) in [6.07, 6.45) is 4.97. The SMILES string of the molecule is CCc1cc(Nc2nccn3c(-c4ccc(OC(F)F)c(F)c4F)cnc23)ccc1C(=O)NCC1C2CNCC21. The van der Waals surface area contributed by atoms with Crippen LogP contribution >= 0.6 is 0 Å². The van der Waals surface area contributed by atoms with Crippen LogP contribution in [0.3, 0.4) is 0 Å². The smallest absolute Gasteiger partial charge is 0.387 e. The van der Waals surface area contributed by atoms with Gasteiger partial charge in [-0.3, -0.25) is 9.20 Å². The van der Waals surface area contributed by atoms with Crippen LogP contribution in [0.15, 0.2) is 48.9 Å². The first-order chi connectivity index (χ1) is 19.4. The van der Waals surface area contributed by atoms with Crippen LogP contribution < -0.4 is 20.7 Å². The van der Waals surface area contributed by atoms with Crippen LogP contribution in [-0.4, -0.2) is 46.5 Å². The third-order valence-electron chi connectivity index (χ3n) is 7.73. The molecule has 2 atom stereocenters. The van der Waals surface area contributed by atoms with Gasteiger partial charge in [-0.05, 0) is 73.2 Å². The maximum Gasteiger partial charge on any atom is 0.387 e. The predicted molar refractivity (Wildman–Crippen MR) is 140 cm³/mol. The Labute approximate surface area is 226 Å². The van der Waals surface area contributed by atoms with E-state index in [0.29, 0.717) is 53.4 Å². The Kier molecular flexibility index (Phi) is 6.78. The summed E-state index contributed by atoms with van der Waals surface area (Å²) in [7, 11) is 0. The van der Waals surface area contributed by atoms with Crippen molar-refractivity contribution in [3.8, 4) is 17.0 Å². The van der Waals surface area contributed by atoms with Crippen molar-refractivity contribution in [1.82, 2.24) is 25.0 Å². The number of hydrogen-bond donors (Lipinski definition) is 3. The summed E-state index contributed by atoms with van der Waals surface area (Å²) >= 11 is 0. The maximum absolute atomic E-state index is 14.8. The van der Waals surface area contributed by atoms with Crippen molar-refractivity contribution < 1.29 is 27.1 Å². The van der Waals surface area contributed by atoms with E-state index in [-0.39, 0.29) is 17.2 Å². The molecule has 12 heteroatoms. The number of fused-ring (bicyclic) bond motifs is 2. The van der Waals surface area contributed by atoms with E-state index in [1.807, 2.05) is 13.0 Å². The Morgan fingerprint density at radius 1 is 1.15 bits per heavy atom. The summed E-state index contributed by atoms with van der Waals surface area (Å²) in [5.74, 6) is -1.60. The molecule has 2 fully saturated rings. The number of halogens is 4. The van der Waals surface area contributed by atoms with Crippen molar-refractivity contribution >= 4 is 23.1 Å². The largest absolute Gasteiger partial charge is 0.432 e. The molecule has 40 heavy (non-hydrogen) atoms. The zero-order valence-electron chi connectivity index (χ0n) is 21.4. The molecule has 0 spiro atoms. The van der Waals surface area contributed by atoms with Crippen LogP contribution in [-0.2, 0) is 6.42 Å². The molecule has 208 valence electrons. The van der Waals surface area contributed by atoms with Gasteiger partial charge in [0.05, 0.1) is 11.9 Å². The average Bonchev–Trinajstić information content (AvgIpc) is 3.25. The number of aryl methyl sites for hydroxylation is 1. The van der Waals surface area contributed by atoms with Gasteiger partial charge in [0.25, 0.3) is 5.91 Å². The second-order valence-electron chi connectivity index (χ2n) is 9.94. The summed E-state index contributed by atoms with van der Waals surface area (Å²) in [4.78, 5) is 21.6. The molecule has 2 aromatic carbocycles. The standard InChI is InChI=1S/C28H26F4N6O2/c1-2-14-9-15(3-4-16(14)27(39)36-12-20-18-10-33-11-19(18)20)37-25-26-35-13-21(38(26)8-7-34-25)17-5-6-22(40-28(31)32)24(30)23(17)29/h3-9,13,18-20,28,33H,2,10-12H2,1H3,(H,34,37)(H,36,39). The second kappa shape index (κ2) is 10.4. The van der Waals surface area contributed by atoms with Gasteiger partial charge in [-0.2, -0.15) is 13.2 Å². The molecule has 2 unspecified atom stereocenters. The number of imidazole rings is 1. The fraction of sp³-hybridized carbons (Fsp3) is 0.321. The number of nitrogens with one attached hydrogen (secondary N) is 3. The van der Waals surface area contributed by atoms with Crippen LogP contribution in [0, 0.1) is 29.4 Å². The van der Waals surface area contributed by atoms with Gasteiger partial charge in [-0.15, -0.1) is 0 Å². The van der Waals surface area contributed by atoms with Crippen molar-refractivity contribution in [3.63, 3.8) is 0 Å². The third-order valence-corrected chi connectivity index (χ3v) is 7.73. The van der Waals surface area contributed by atoms with Crippen LogP contribution in [0.25, 0.3) is 16.9 Å². The number of benzene rings is 2. The van der Waals surface area contributed by atoms with Gasteiger partial charge in [-0.25, -0.2) is 14.4 Å². The molecule has 2 aliphatic rings. The Bertz CT molecular complexity index is 1580. The molecule has 0 bridgehead atoms. The fourth-order valence-corrected chi connectivity index (χ4v) is 5.60. The minimum absolute atomic E-state index is 0.0984. The third kappa shape index (κ3) is 4.72. The summed E-state index contributed by atoms with van der Waals surface area (Å²) in [5.41, 5.74) is 2.49. The number of aromatic nitrogens is 3. The van der Waals surface area contributed by atoms with Crippen LogP contribution in [0.4, 0.5) is 29.1 Å². The van der Waals surface area contributed by atoms with Gasteiger partial charge in [0.15, 0.2) is 23.0 Å². The van der Waals surface area contributed by atoms with Crippen molar-refractivity contribution in [1.29, 1.82) is 0 Å². The topological polar surface area (TPSA) is 92.6 Å². The van der Waals surface area contributed by atoms with E-state index in [0.717, 1.165) is 30.8 Å². The van der Waals surface area contributed by atoms with E-state index in [9.17, 15) is 22.4 Å². The molecule has 6 rings (SSSR count). The molecule has 1 aliphatic heterocycles. The van der Waals surface area contributed by atoms with Crippen molar-refractivity contribution in [3.05, 3.63) is 71.7 Å². The number of nitrogens with zero attached hydrogens (tertiary/aromatic N) is 3. The molecule has 3 heterocycles. The van der Waals surface area contributed by atoms with Gasteiger partial charge in [0.1, 0.15) is 0 Å². The Balaban J connectivity index is 1.22. The van der Waals surface area contributed by atoms with Crippen LogP contribution in [0.1, 0.15) is 22.8 Å². The van der Waals surface area contributed by atoms with Gasteiger partial charge < -0.3 is 20.7 Å². The van der Waals surface area contributed by atoms with E-state index in [4.69, 9.17) is 0 Å². The van der Waals surface area contributed by atoms with E-state index < -0.39 is 24.0 Å². The van der Waals surface area contributed by atoms with Crippen molar-refractivity contribution in [2.24, 2.45) is 17.8 Å². The fourth-order valence-electron chi connectivity index (χ4n) is 5.60. The van der Waals surface area contributed by atoms with Crippen LogP contribution in [0.5, 0.6) is 5.75 Å². The number of piperidine rings is 1. The average molecular weight is 555 g/mol. The summed E-state index contributed by atoms with van der Waals surface area (Å²) < 4.78 is 59.7. The molecule has 1 saturated carbocycles. The zero-order valence-corrected chi connectivity index (χ0v) is 21.4. The Hall–Kier alpha value is -4.19. The van der Waals surface area contributed by atoms with Gasteiger partial charge in [0.2, 0.25) is 5.82 Å². The number of anilines is 2. The molecule has 3 N–H and O–H groups in total. The summed E-state index contributed by atoms with van der Waals surface area (Å²) in [6.45, 7) is 1.42. The number of amides is 1. The molecule has 4 aromatic rings. The minimum Gasteiger partial charge on any atom is -0.432 e. The van der Waals surface area contributed by atoms with Gasteiger partial charge in [0, 0.05) is 35.8 Å². The van der Waals surface area contributed by atoms with Crippen molar-refractivity contribution in [2.45, 2.75) is 20.0 Å². The highest BCUT2D eigenvalue weighted by atomic mass is 19.3. The Morgan fingerprint density at radius 2 is 1.95 bits per heavy atom. The maximum atomic E-state index is 14.8. The lowest BCUT2D eigenvalue weighted by molar-refractivity contribution is -0.0525. The zero-order chi connectivity index (χ0) is 28.0. The van der Waals surface area contributed by atoms with E-state index in [1.54, 1.807) is 12.1 Å². The number of rotatable bonds is 9. The highest BCUT2D eigenvalue weighted by Crippen LogP contribution is 2.48. The number of alkyl halides is 2. The van der Waals surface area contributed by atoms with E-state index in [2.05, 4.69) is 30.7 Å². The summed E-state index contributed by atoms with van der Waals surface area (Å²) in [5, 5.41) is 9.63. The van der Waals surface area contributed by atoms with Crippen LogP contribution in [0.2, 0.25) is 0 Å². The molecule has 8 nitrogen and oxygen atoms in total. The monoisotopic (exact) mass is 554 g/mol.